The molecule has 0 saturated heterocycles. The Morgan fingerprint density at radius 3 is 2.76 bits per heavy atom. The molecule has 0 bridgehead atoms. The zero-order chi connectivity index (χ0) is 12.3. The van der Waals surface area contributed by atoms with E-state index in [2.05, 4.69) is 4.99 Å². The van der Waals surface area contributed by atoms with Crippen molar-refractivity contribution in [2.45, 2.75) is 19.1 Å². The molecule has 0 unspecified atom stereocenters. The topological polar surface area (TPSA) is 56.8 Å². The summed E-state index contributed by atoms with van der Waals surface area (Å²) in [6.07, 6.45) is -0.248. The van der Waals surface area contributed by atoms with Gasteiger partial charge in [-0.1, -0.05) is 12.1 Å². The molecular formula is C12H15FN2O2. The Bertz CT molecular complexity index is 405. The van der Waals surface area contributed by atoms with Crippen molar-refractivity contribution in [3.8, 4) is 0 Å². The number of amidine groups is 1. The van der Waals surface area contributed by atoms with Gasteiger partial charge in [0.1, 0.15) is 24.6 Å². The maximum Gasteiger partial charge on any atom is 0.282 e. The minimum atomic E-state index is -0.269. The van der Waals surface area contributed by atoms with E-state index in [1.807, 2.05) is 6.92 Å². The van der Waals surface area contributed by atoms with E-state index in [1.54, 1.807) is 12.1 Å². The van der Waals surface area contributed by atoms with Gasteiger partial charge < -0.3 is 15.2 Å². The number of hydrogen-bond donors (Lipinski definition) is 1. The lowest BCUT2D eigenvalue weighted by molar-refractivity contribution is 0.0374. The summed E-state index contributed by atoms with van der Waals surface area (Å²) in [7, 11) is 0. The van der Waals surface area contributed by atoms with E-state index in [-0.39, 0.29) is 24.0 Å². The summed E-state index contributed by atoms with van der Waals surface area (Å²) in [5.74, 6) is -0.269. The van der Waals surface area contributed by atoms with Crippen LogP contribution in [0.3, 0.4) is 0 Å². The van der Waals surface area contributed by atoms with Gasteiger partial charge in [0.2, 0.25) is 0 Å². The van der Waals surface area contributed by atoms with Gasteiger partial charge in [-0.2, -0.15) is 0 Å². The second-order valence-corrected chi connectivity index (χ2v) is 3.77. The molecule has 92 valence electrons. The fraction of sp³-hybridized carbons (Fsp3) is 0.417. The first kappa shape index (κ1) is 11.9. The van der Waals surface area contributed by atoms with Gasteiger partial charge in [-0.15, -0.1) is 0 Å². The average molecular weight is 238 g/mol. The lowest BCUT2D eigenvalue weighted by Crippen LogP contribution is -2.21. The number of benzene rings is 1. The standard InChI is InChI=1S/C12H15FN2O2/c1-2-16-11(10-7-17-12(14)15-10)8-3-5-9(13)6-4-8/h3-6,10-11H,2,7H2,1H3,(H2,14,15)/t10-,11+/m0/s1. The van der Waals surface area contributed by atoms with Crippen molar-refractivity contribution in [3.05, 3.63) is 35.6 Å². The Hall–Kier alpha value is -1.62. The molecule has 2 atom stereocenters. The summed E-state index contributed by atoms with van der Waals surface area (Å²) in [6, 6.07) is 6.22. The van der Waals surface area contributed by atoms with Gasteiger partial charge in [-0.05, 0) is 24.6 Å². The third-order valence-electron chi connectivity index (χ3n) is 2.59. The second-order valence-electron chi connectivity index (χ2n) is 3.77. The van der Waals surface area contributed by atoms with Crippen LogP contribution in [0.5, 0.6) is 0 Å². The van der Waals surface area contributed by atoms with Gasteiger partial charge in [0.05, 0.1) is 0 Å². The normalized spacial score (nSPS) is 20.8. The number of aliphatic imine (C=N–C) groups is 1. The Morgan fingerprint density at radius 2 is 2.24 bits per heavy atom. The molecule has 0 radical (unpaired) electrons. The molecule has 17 heavy (non-hydrogen) atoms. The van der Waals surface area contributed by atoms with E-state index in [9.17, 15) is 4.39 Å². The molecule has 0 aliphatic carbocycles. The van der Waals surface area contributed by atoms with Crippen molar-refractivity contribution in [1.82, 2.24) is 0 Å². The molecule has 1 aliphatic rings. The molecule has 2 rings (SSSR count). The van der Waals surface area contributed by atoms with Crippen molar-refractivity contribution < 1.29 is 13.9 Å². The average Bonchev–Trinajstić information content (AvgIpc) is 2.74. The molecule has 5 heteroatoms. The van der Waals surface area contributed by atoms with E-state index >= 15 is 0 Å². The van der Waals surface area contributed by atoms with Crippen LogP contribution in [-0.4, -0.2) is 25.3 Å². The minimum Gasteiger partial charge on any atom is -0.463 e. The highest BCUT2D eigenvalue weighted by molar-refractivity contribution is 5.73. The van der Waals surface area contributed by atoms with Crippen LogP contribution in [0.4, 0.5) is 4.39 Å². The summed E-state index contributed by atoms with van der Waals surface area (Å²) in [5.41, 5.74) is 6.35. The minimum absolute atomic E-state index is 0.166. The quantitative estimate of drug-likeness (QED) is 0.867. The van der Waals surface area contributed by atoms with E-state index in [4.69, 9.17) is 15.2 Å². The molecule has 2 N–H and O–H groups in total. The van der Waals surface area contributed by atoms with E-state index in [0.29, 0.717) is 13.2 Å². The number of nitrogens with zero attached hydrogens (tertiary/aromatic N) is 1. The van der Waals surface area contributed by atoms with Crippen LogP contribution in [0, 0.1) is 5.82 Å². The predicted molar refractivity (Wildman–Crippen MR) is 62.1 cm³/mol. The van der Waals surface area contributed by atoms with Crippen LogP contribution in [0.15, 0.2) is 29.3 Å². The first-order valence-electron chi connectivity index (χ1n) is 5.54. The van der Waals surface area contributed by atoms with Gasteiger partial charge in [0.25, 0.3) is 6.02 Å². The third kappa shape index (κ3) is 2.74. The van der Waals surface area contributed by atoms with Crippen molar-refractivity contribution >= 4 is 6.02 Å². The maximum atomic E-state index is 12.9. The third-order valence-corrected chi connectivity index (χ3v) is 2.59. The molecular weight excluding hydrogens is 223 g/mol. The molecule has 1 aromatic carbocycles. The Kier molecular flexibility index (Phi) is 3.58. The van der Waals surface area contributed by atoms with Crippen molar-refractivity contribution in [2.24, 2.45) is 10.7 Å². The van der Waals surface area contributed by atoms with Gasteiger partial charge in [-0.25, -0.2) is 9.38 Å². The van der Waals surface area contributed by atoms with Gasteiger partial charge in [0, 0.05) is 6.61 Å². The van der Waals surface area contributed by atoms with Crippen molar-refractivity contribution in [1.29, 1.82) is 0 Å². The molecule has 0 spiro atoms. The highest BCUT2D eigenvalue weighted by atomic mass is 19.1. The zero-order valence-electron chi connectivity index (χ0n) is 9.60. The second kappa shape index (κ2) is 5.14. The fourth-order valence-corrected chi connectivity index (χ4v) is 1.83. The largest absolute Gasteiger partial charge is 0.463 e. The smallest absolute Gasteiger partial charge is 0.282 e. The monoisotopic (exact) mass is 238 g/mol. The Morgan fingerprint density at radius 1 is 1.53 bits per heavy atom. The SMILES string of the molecule is CCO[C@H](c1ccc(F)cc1)[C@@H]1COC(N)=N1. The highest BCUT2D eigenvalue weighted by Gasteiger charge is 2.28. The summed E-state index contributed by atoms with van der Waals surface area (Å²) >= 11 is 0. The highest BCUT2D eigenvalue weighted by Crippen LogP contribution is 2.26. The van der Waals surface area contributed by atoms with Crippen molar-refractivity contribution in [3.63, 3.8) is 0 Å². The van der Waals surface area contributed by atoms with E-state index in [1.165, 1.54) is 12.1 Å². The Balaban J connectivity index is 2.19. The van der Waals surface area contributed by atoms with Gasteiger partial charge in [-0.3, -0.25) is 0 Å². The maximum absolute atomic E-state index is 12.9. The molecule has 0 aromatic heterocycles. The number of ether oxygens (including phenoxy) is 2. The summed E-state index contributed by atoms with van der Waals surface area (Å²) in [5, 5.41) is 0. The summed E-state index contributed by atoms with van der Waals surface area (Å²) in [4.78, 5) is 4.16. The summed E-state index contributed by atoms with van der Waals surface area (Å²) < 4.78 is 23.6. The van der Waals surface area contributed by atoms with Crippen LogP contribution < -0.4 is 5.73 Å². The molecule has 0 fully saturated rings. The van der Waals surface area contributed by atoms with Crippen LogP contribution in [0.1, 0.15) is 18.6 Å². The molecule has 1 aromatic rings. The van der Waals surface area contributed by atoms with Crippen LogP contribution in [-0.2, 0) is 9.47 Å². The van der Waals surface area contributed by atoms with Gasteiger partial charge >= 0.3 is 0 Å². The number of rotatable bonds is 4. The lowest BCUT2D eigenvalue weighted by atomic mass is 10.0. The number of halogens is 1. The molecule has 1 heterocycles. The van der Waals surface area contributed by atoms with E-state index in [0.717, 1.165) is 5.56 Å². The molecule has 0 saturated carbocycles. The Labute approximate surface area is 99.2 Å². The molecule has 4 nitrogen and oxygen atoms in total. The molecule has 0 amide bonds. The molecule has 1 aliphatic heterocycles. The number of hydrogen-bond acceptors (Lipinski definition) is 4. The lowest BCUT2D eigenvalue weighted by Gasteiger charge is -2.20. The zero-order valence-corrected chi connectivity index (χ0v) is 9.60. The van der Waals surface area contributed by atoms with Crippen molar-refractivity contribution in [2.75, 3.05) is 13.2 Å². The first-order chi connectivity index (χ1) is 8.20. The summed E-state index contributed by atoms with van der Waals surface area (Å²) in [6.45, 7) is 2.85. The fourth-order valence-electron chi connectivity index (χ4n) is 1.83. The van der Waals surface area contributed by atoms with E-state index < -0.39 is 0 Å². The van der Waals surface area contributed by atoms with Crippen LogP contribution in [0.2, 0.25) is 0 Å². The van der Waals surface area contributed by atoms with Crippen LogP contribution >= 0.6 is 0 Å². The van der Waals surface area contributed by atoms with Gasteiger partial charge in [0.15, 0.2) is 0 Å². The predicted octanol–water partition coefficient (Wildman–Crippen LogP) is 1.62. The number of nitrogens with two attached hydrogens (primary N) is 1. The van der Waals surface area contributed by atoms with Crippen LogP contribution in [0.25, 0.3) is 0 Å². The first-order valence-corrected chi connectivity index (χ1v) is 5.54.